The fourth-order valence-corrected chi connectivity index (χ4v) is 3.72. The average molecular weight is 424 g/mol. The molecule has 31 heavy (non-hydrogen) atoms. The van der Waals surface area contributed by atoms with Gasteiger partial charge < -0.3 is 14.8 Å². The number of ether oxygens (including phenoxy) is 2. The molecule has 2 aromatic carbocycles. The maximum absolute atomic E-state index is 12.5. The van der Waals surface area contributed by atoms with Gasteiger partial charge in [0.1, 0.15) is 11.9 Å². The van der Waals surface area contributed by atoms with Crippen LogP contribution in [0.15, 0.2) is 48.5 Å². The van der Waals surface area contributed by atoms with E-state index in [4.69, 9.17) is 9.47 Å². The molecular formula is C26H33NO4. The van der Waals surface area contributed by atoms with Gasteiger partial charge in [0.25, 0.3) is 5.91 Å². The predicted octanol–water partition coefficient (Wildman–Crippen LogP) is 5.92. The van der Waals surface area contributed by atoms with E-state index in [1.807, 2.05) is 12.1 Å². The number of rotatable bonds is 9. The number of carbonyl (C=O) groups excluding carboxylic acids is 2. The molecule has 0 bridgehead atoms. The Bertz CT molecular complexity index is 839. The standard InChI is InChI=1S/C26H33NO4/c1-3-4-8-20-11-15-22(16-12-20)27-25(28)21-13-17-24(18-14-21)30-19(2)26(29)31-23-9-6-5-7-10-23/h11-19,23H,3-10H2,1-2H3,(H,27,28)/t19-/m1/s1. The first-order chi connectivity index (χ1) is 15.0. The number of anilines is 1. The molecule has 1 aliphatic carbocycles. The lowest BCUT2D eigenvalue weighted by Gasteiger charge is -2.23. The van der Waals surface area contributed by atoms with Crippen LogP contribution in [0.2, 0.25) is 0 Å². The normalized spacial score (nSPS) is 15.2. The average Bonchev–Trinajstić information content (AvgIpc) is 2.79. The Balaban J connectivity index is 1.49. The molecule has 0 unspecified atom stereocenters. The minimum atomic E-state index is -0.687. The molecule has 0 spiro atoms. The molecule has 0 saturated heterocycles. The van der Waals surface area contributed by atoms with Gasteiger partial charge in [-0.15, -0.1) is 0 Å². The number of hydrogen-bond acceptors (Lipinski definition) is 4. The van der Waals surface area contributed by atoms with Gasteiger partial charge in [0.05, 0.1) is 0 Å². The van der Waals surface area contributed by atoms with Gasteiger partial charge in [-0.3, -0.25) is 4.79 Å². The summed E-state index contributed by atoms with van der Waals surface area (Å²) >= 11 is 0. The number of aryl methyl sites for hydroxylation is 1. The second kappa shape index (κ2) is 11.5. The molecule has 0 aromatic heterocycles. The van der Waals surface area contributed by atoms with Gasteiger partial charge in [-0.05, 0) is 87.4 Å². The third kappa shape index (κ3) is 7.12. The van der Waals surface area contributed by atoms with Gasteiger partial charge in [-0.1, -0.05) is 31.9 Å². The van der Waals surface area contributed by atoms with Gasteiger partial charge in [-0.25, -0.2) is 4.79 Å². The molecule has 1 aliphatic rings. The third-order valence-corrected chi connectivity index (χ3v) is 5.63. The van der Waals surface area contributed by atoms with Crippen LogP contribution in [0.25, 0.3) is 0 Å². The molecule has 166 valence electrons. The zero-order valence-corrected chi connectivity index (χ0v) is 18.6. The van der Waals surface area contributed by atoms with Crippen molar-refractivity contribution in [3.63, 3.8) is 0 Å². The number of benzene rings is 2. The molecule has 5 heteroatoms. The lowest BCUT2D eigenvalue weighted by Crippen LogP contribution is -2.31. The lowest BCUT2D eigenvalue weighted by atomic mass is 9.98. The predicted molar refractivity (Wildman–Crippen MR) is 123 cm³/mol. The van der Waals surface area contributed by atoms with Crippen LogP contribution in [0.5, 0.6) is 5.75 Å². The van der Waals surface area contributed by atoms with Crippen molar-refractivity contribution in [1.29, 1.82) is 0 Å². The molecule has 2 aromatic rings. The van der Waals surface area contributed by atoms with Gasteiger partial charge >= 0.3 is 5.97 Å². The van der Waals surface area contributed by atoms with E-state index < -0.39 is 6.10 Å². The molecule has 1 saturated carbocycles. The minimum Gasteiger partial charge on any atom is -0.479 e. The smallest absolute Gasteiger partial charge is 0.347 e. The summed E-state index contributed by atoms with van der Waals surface area (Å²) in [5.41, 5.74) is 2.57. The van der Waals surface area contributed by atoms with E-state index in [1.165, 1.54) is 18.4 Å². The highest BCUT2D eigenvalue weighted by molar-refractivity contribution is 6.04. The largest absolute Gasteiger partial charge is 0.479 e. The Morgan fingerprint density at radius 2 is 1.68 bits per heavy atom. The monoisotopic (exact) mass is 423 g/mol. The van der Waals surface area contributed by atoms with Crippen molar-refractivity contribution < 1.29 is 19.1 Å². The fraction of sp³-hybridized carbons (Fsp3) is 0.462. The van der Waals surface area contributed by atoms with E-state index in [0.29, 0.717) is 11.3 Å². The molecular weight excluding hydrogens is 390 g/mol. The summed E-state index contributed by atoms with van der Waals surface area (Å²) in [6.07, 6.45) is 8.01. The van der Waals surface area contributed by atoms with Crippen LogP contribution in [0.1, 0.15) is 74.7 Å². The summed E-state index contributed by atoms with van der Waals surface area (Å²) < 4.78 is 11.3. The van der Waals surface area contributed by atoms with E-state index in [1.54, 1.807) is 31.2 Å². The maximum Gasteiger partial charge on any atom is 0.347 e. The first-order valence-electron chi connectivity index (χ1n) is 11.4. The molecule has 1 N–H and O–H groups in total. The molecule has 1 fully saturated rings. The molecule has 0 aliphatic heterocycles. The van der Waals surface area contributed by atoms with Crippen LogP contribution < -0.4 is 10.1 Å². The first kappa shape index (κ1) is 22.9. The van der Waals surface area contributed by atoms with Crippen molar-refractivity contribution in [2.24, 2.45) is 0 Å². The van der Waals surface area contributed by atoms with Crippen LogP contribution in [-0.4, -0.2) is 24.1 Å². The lowest BCUT2D eigenvalue weighted by molar-refractivity contribution is -0.158. The third-order valence-electron chi connectivity index (χ3n) is 5.63. The van der Waals surface area contributed by atoms with Crippen LogP contribution in [0.4, 0.5) is 5.69 Å². The summed E-state index contributed by atoms with van der Waals surface area (Å²) in [6.45, 7) is 3.87. The molecule has 0 radical (unpaired) electrons. The topological polar surface area (TPSA) is 64.6 Å². The van der Waals surface area contributed by atoms with E-state index in [0.717, 1.165) is 44.2 Å². The highest BCUT2D eigenvalue weighted by Crippen LogP contribution is 2.22. The van der Waals surface area contributed by atoms with E-state index in [-0.39, 0.29) is 18.0 Å². The number of nitrogens with one attached hydrogen (secondary N) is 1. The second-order valence-electron chi connectivity index (χ2n) is 8.24. The molecule has 0 heterocycles. The van der Waals surface area contributed by atoms with Crippen molar-refractivity contribution in [3.05, 3.63) is 59.7 Å². The summed E-state index contributed by atoms with van der Waals surface area (Å²) in [4.78, 5) is 24.8. The van der Waals surface area contributed by atoms with Gasteiger partial charge in [0, 0.05) is 11.3 Å². The number of amides is 1. The Kier molecular flexibility index (Phi) is 8.51. The summed E-state index contributed by atoms with van der Waals surface area (Å²) in [6, 6.07) is 14.8. The highest BCUT2D eigenvalue weighted by Gasteiger charge is 2.23. The highest BCUT2D eigenvalue weighted by atomic mass is 16.6. The summed E-state index contributed by atoms with van der Waals surface area (Å²) in [5.74, 6) is 0.0126. The molecule has 1 amide bonds. The van der Waals surface area contributed by atoms with Crippen molar-refractivity contribution in [2.45, 2.75) is 77.4 Å². The quantitative estimate of drug-likeness (QED) is 0.508. The minimum absolute atomic E-state index is 0.0130. The van der Waals surface area contributed by atoms with E-state index in [2.05, 4.69) is 24.4 Å². The Hall–Kier alpha value is -2.82. The van der Waals surface area contributed by atoms with E-state index in [9.17, 15) is 9.59 Å². The van der Waals surface area contributed by atoms with Crippen molar-refractivity contribution in [2.75, 3.05) is 5.32 Å². The second-order valence-corrected chi connectivity index (χ2v) is 8.24. The van der Waals surface area contributed by atoms with Gasteiger partial charge in [0.15, 0.2) is 6.10 Å². The molecule has 3 rings (SSSR count). The van der Waals surface area contributed by atoms with Crippen molar-refractivity contribution in [1.82, 2.24) is 0 Å². The van der Waals surface area contributed by atoms with Crippen LogP contribution in [0, 0.1) is 0 Å². The molecule has 5 nitrogen and oxygen atoms in total. The number of unbranched alkanes of at least 4 members (excludes halogenated alkanes) is 1. The maximum atomic E-state index is 12.5. The van der Waals surface area contributed by atoms with Crippen LogP contribution in [-0.2, 0) is 16.0 Å². The van der Waals surface area contributed by atoms with Crippen LogP contribution >= 0.6 is 0 Å². The number of carbonyl (C=O) groups is 2. The number of hydrogen-bond donors (Lipinski definition) is 1. The fourth-order valence-electron chi connectivity index (χ4n) is 3.72. The van der Waals surface area contributed by atoms with E-state index >= 15 is 0 Å². The summed E-state index contributed by atoms with van der Waals surface area (Å²) in [7, 11) is 0. The Labute approximate surface area is 185 Å². The van der Waals surface area contributed by atoms with Crippen LogP contribution in [0.3, 0.4) is 0 Å². The van der Waals surface area contributed by atoms with Crippen molar-refractivity contribution >= 4 is 17.6 Å². The molecule has 1 atom stereocenters. The van der Waals surface area contributed by atoms with Gasteiger partial charge in [0.2, 0.25) is 0 Å². The van der Waals surface area contributed by atoms with Crippen molar-refractivity contribution in [3.8, 4) is 5.75 Å². The Morgan fingerprint density at radius 3 is 2.32 bits per heavy atom. The zero-order chi connectivity index (χ0) is 22.1. The number of esters is 1. The summed E-state index contributed by atoms with van der Waals surface area (Å²) in [5, 5.41) is 2.91. The Morgan fingerprint density at radius 1 is 1.00 bits per heavy atom. The van der Waals surface area contributed by atoms with Gasteiger partial charge in [-0.2, -0.15) is 0 Å². The SMILES string of the molecule is CCCCc1ccc(NC(=O)c2ccc(O[C@H](C)C(=O)OC3CCCCC3)cc2)cc1. The first-order valence-corrected chi connectivity index (χ1v) is 11.4. The zero-order valence-electron chi connectivity index (χ0n) is 18.6.